The summed E-state index contributed by atoms with van der Waals surface area (Å²) in [5.74, 6) is -2.17. The van der Waals surface area contributed by atoms with Crippen LogP contribution in [-0.2, 0) is 4.74 Å². The first kappa shape index (κ1) is 21.1. The number of aromatic nitrogens is 1. The topological polar surface area (TPSA) is 89.6 Å². The van der Waals surface area contributed by atoms with Gasteiger partial charge >= 0.3 is 0 Å². The monoisotopic (exact) mass is 402 g/mol. The van der Waals surface area contributed by atoms with Crippen LogP contribution in [0.25, 0.3) is 0 Å². The van der Waals surface area contributed by atoms with Crippen molar-refractivity contribution in [1.82, 2.24) is 4.98 Å². The number of halogens is 5. The zero-order valence-electron chi connectivity index (χ0n) is 14.2. The molecule has 1 heterocycles. The Morgan fingerprint density at radius 2 is 2.00 bits per heavy atom. The van der Waals surface area contributed by atoms with Crippen molar-refractivity contribution in [1.29, 1.82) is 0 Å². The van der Waals surface area contributed by atoms with Gasteiger partial charge in [-0.05, 0) is 30.3 Å². The third-order valence-electron chi connectivity index (χ3n) is 3.30. The fraction of sp³-hybridized carbons (Fsp3) is 0.235. The highest BCUT2D eigenvalue weighted by Gasteiger charge is 2.18. The van der Waals surface area contributed by atoms with Gasteiger partial charge in [0, 0.05) is 12.1 Å². The highest BCUT2D eigenvalue weighted by Crippen LogP contribution is 2.23. The number of aliphatic imine (C=N–C) groups is 1. The number of ether oxygens (including phenoxy) is 1. The molecule has 1 amide bonds. The summed E-state index contributed by atoms with van der Waals surface area (Å²) >= 11 is 0. The number of carbonyl (C=O) groups excluding carboxylic acids is 1. The van der Waals surface area contributed by atoms with E-state index in [9.17, 15) is 26.7 Å². The number of alkyl halides is 3. The molecule has 150 valence electrons. The van der Waals surface area contributed by atoms with Crippen molar-refractivity contribution < 1.29 is 31.5 Å². The van der Waals surface area contributed by atoms with Crippen molar-refractivity contribution in [3.05, 3.63) is 53.9 Å². The van der Waals surface area contributed by atoms with E-state index in [1.807, 2.05) is 0 Å². The second kappa shape index (κ2) is 9.62. The summed E-state index contributed by atoms with van der Waals surface area (Å²) in [6.45, 7) is -1.23. The van der Waals surface area contributed by atoms with Gasteiger partial charge in [-0.25, -0.2) is 26.9 Å². The molecular weight excluding hydrogens is 387 g/mol. The Kier molecular flexibility index (Phi) is 7.24. The van der Waals surface area contributed by atoms with E-state index < -0.39 is 49.2 Å². The number of nitrogens with one attached hydrogen (secondary N) is 1. The number of nitrogens with two attached hydrogens (primary N) is 1. The predicted molar refractivity (Wildman–Crippen MR) is 91.3 cm³/mol. The van der Waals surface area contributed by atoms with E-state index >= 15 is 0 Å². The third-order valence-corrected chi connectivity index (χ3v) is 3.30. The molecule has 6 nitrogen and oxygen atoms in total. The first-order valence-electron chi connectivity index (χ1n) is 7.86. The van der Waals surface area contributed by atoms with Crippen LogP contribution in [0, 0.1) is 11.6 Å². The molecule has 28 heavy (non-hydrogen) atoms. The first-order valence-corrected chi connectivity index (χ1v) is 7.86. The molecule has 0 saturated carbocycles. The maximum Gasteiger partial charge on any atom is 0.287 e. The predicted octanol–water partition coefficient (Wildman–Crippen LogP) is 3.57. The standard InChI is InChI=1S/C17H15F5N4O2/c18-7-11(6-15(21)22)28-17(23)26-14-5-10(2-3-12(14)20)25-16(27)13-4-1-9(19)8-24-13/h1-5,8,11,15H,6-7H2,(H2,23,26)(H,25,27)/t11-/m0/s1. The molecule has 1 aromatic carbocycles. The van der Waals surface area contributed by atoms with Crippen molar-refractivity contribution in [3.8, 4) is 0 Å². The number of benzene rings is 1. The van der Waals surface area contributed by atoms with Crippen molar-refractivity contribution >= 4 is 23.3 Å². The lowest BCUT2D eigenvalue weighted by Crippen LogP contribution is -2.27. The van der Waals surface area contributed by atoms with E-state index in [2.05, 4.69) is 15.3 Å². The zero-order valence-corrected chi connectivity index (χ0v) is 14.2. The molecule has 2 aromatic rings. The molecule has 0 aliphatic heterocycles. The van der Waals surface area contributed by atoms with Crippen LogP contribution in [0.2, 0.25) is 0 Å². The lowest BCUT2D eigenvalue weighted by molar-refractivity contribution is 0.0543. The summed E-state index contributed by atoms with van der Waals surface area (Å²) in [6, 6.07) is 4.75. The molecule has 1 atom stereocenters. The zero-order chi connectivity index (χ0) is 20.7. The Balaban J connectivity index is 2.13. The van der Waals surface area contributed by atoms with E-state index in [1.165, 1.54) is 6.07 Å². The number of hydrogen-bond donors (Lipinski definition) is 2. The van der Waals surface area contributed by atoms with Gasteiger partial charge in [-0.1, -0.05) is 0 Å². The van der Waals surface area contributed by atoms with Crippen molar-refractivity contribution in [2.75, 3.05) is 12.0 Å². The van der Waals surface area contributed by atoms with Gasteiger partial charge in [0.1, 0.15) is 35.8 Å². The van der Waals surface area contributed by atoms with E-state index in [0.717, 1.165) is 30.5 Å². The number of rotatable bonds is 7. The van der Waals surface area contributed by atoms with E-state index in [4.69, 9.17) is 10.5 Å². The van der Waals surface area contributed by atoms with E-state index in [0.29, 0.717) is 0 Å². The van der Waals surface area contributed by atoms with Crippen molar-refractivity contribution in [2.45, 2.75) is 19.0 Å². The maximum absolute atomic E-state index is 13.9. The average molecular weight is 402 g/mol. The average Bonchev–Trinajstić information content (AvgIpc) is 2.64. The van der Waals surface area contributed by atoms with Gasteiger partial charge in [0.15, 0.2) is 0 Å². The quantitative estimate of drug-likeness (QED) is 0.421. The Morgan fingerprint density at radius 1 is 1.25 bits per heavy atom. The Hall–Kier alpha value is -3.24. The van der Waals surface area contributed by atoms with Gasteiger partial charge < -0.3 is 15.8 Å². The molecule has 0 radical (unpaired) electrons. The van der Waals surface area contributed by atoms with Crippen LogP contribution in [-0.4, -0.2) is 36.1 Å². The normalized spacial score (nSPS) is 12.7. The summed E-state index contributed by atoms with van der Waals surface area (Å²) in [6.07, 6.45) is -4.40. The number of amides is 1. The highest BCUT2D eigenvalue weighted by atomic mass is 19.3. The maximum atomic E-state index is 13.9. The minimum Gasteiger partial charge on any atom is -0.459 e. The summed E-state index contributed by atoms with van der Waals surface area (Å²) in [5, 5.41) is 2.40. The molecular formula is C17H15F5N4O2. The summed E-state index contributed by atoms with van der Waals surface area (Å²) in [5.41, 5.74) is 5.03. The molecule has 0 spiro atoms. The lowest BCUT2D eigenvalue weighted by Gasteiger charge is -2.14. The minimum atomic E-state index is -2.82. The van der Waals surface area contributed by atoms with Crippen LogP contribution in [0.1, 0.15) is 16.9 Å². The Morgan fingerprint density at radius 3 is 2.61 bits per heavy atom. The molecule has 0 saturated heterocycles. The van der Waals surface area contributed by atoms with Crippen LogP contribution in [0.4, 0.5) is 33.3 Å². The van der Waals surface area contributed by atoms with Crippen LogP contribution in [0.3, 0.4) is 0 Å². The molecule has 3 N–H and O–H groups in total. The van der Waals surface area contributed by atoms with Gasteiger partial charge in [-0.15, -0.1) is 0 Å². The van der Waals surface area contributed by atoms with Gasteiger partial charge in [0.25, 0.3) is 11.9 Å². The van der Waals surface area contributed by atoms with Crippen LogP contribution in [0.15, 0.2) is 41.5 Å². The Labute approximate surface area is 156 Å². The van der Waals surface area contributed by atoms with Crippen LogP contribution >= 0.6 is 0 Å². The molecule has 0 bridgehead atoms. The fourth-order valence-electron chi connectivity index (χ4n) is 2.04. The number of carbonyl (C=O) groups is 1. The Bertz CT molecular complexity index is 846. The van der Waals surface area contributed by atoms with E-state index in [1.54, 1.807) is 0 Å². The number of anilines is 1. The smallest absolute Gasteiger partial charge is 0.287 e. The summed E-state index contributed by atoms with van der Waals surface area (Å²) in [4.78, 5) is 19.2. The minimum absolute atomic E-state index is 0.0867. The molecule has 0 unspecified atom stereocenters. The molecule has 11 heteroatoms. The van der Waals surface area contributed by atoms with Crippen LogP contribution in [0.5, 0.6) is 0 Å². The number of nitrogens with zero attached hydrogens (tertiary/aromatic N) is 2. The summed E-state index contributed by atoms with van der Waals surface area (Å²) in [7, 11) is 0. The molecule has 2 rings (SSSR count). The first-order chi connectivity index (χ1) is 13.3. The molecule has 0 aliphatic rings. The van der Waals surface area contributed by atoms with Gasteiger partial charge in [-0.3, -0.25) is 4.79 Å². The van der Waals surface area contributed by atoms with Gasteiger partial charge in [-0.2, -0.15) is 4.99 Å². The highest BCUT2D eigenvalue weighted by molar-refractivity contribution is 6.03. The lowest BCUT2D eigenvalue weighted by atomic mass is 10.2. The van der Waals surface area contributed by atoms with Crippen LogP contribution < -0.4 is 11.1 Å². The SMILES string of the molecule is N/C(=N/c1cc(NC(=O)c2ccc(F)cn2)ccc1F)O[C@H](CF)CC(F)F. The van der Waals surface area contributed by atoms with E-state index in [-0.39, 0.29) is 17.1 Å². The number of hydrogen-bond acceptors (Lipinski definition) is 4. The second-order valence-corrected chi connectivity index (χ2v) is 5.45. The third kappa shape index (κ3) is 6.18. The van der Waals surface area contributed by atoms with Crippen molar-refractivity contribution in [3.63, 3.8) is 0 Å². The fourth-order valence-corrected chi connectivity index (χ4v) is 2.04. The number of amidine groups is 1. The molecule has 0 aliphatic carbocycles. The van der Waals surface area contributed by atoms with Gasteiger partial charge in [0.2, 0.25) is 6.43 Å². The van der Waals surface area contributed by atoms with Gasteiger partial charge in [0.05, 0.1) is 6.20 Å². The second-order valence-electron chi connectivity index (χ2n) is 5.45. The van der Waals surface area contributed by atoms with Crippen molar-refractivity contribution in [2.24, 2.45) is 10.7 Å². The number of pyridine rings is 1. The summed E-state index contributed by atoms with van der Waals surface area (Å²) < 4.78 is 68.7. The molecule has 0 fully saturated rings. The largest absolute Gasteiger partial charge is 0.459 e. The molecule has 1 aromatic heterocycles.